The standard InChI is InChI=1S/C14H15NO3/c1-2-18-13(16)14(8-17-9-14)11-7-15-12-6-4-3-5-10(11)12/h3-7,15H,2,8-9H2,1H3. The molecular weight excluding hydrogens is 230 g/mol. The van der Waals surface area contributed by atoms with Gasteiger partial charge in [0.15, 0.2) is 0 Å². The van der Waals surface area contributed by atoms with Gasteiger partial charge in [-0.15, -0.1) is 0 Å². The topological polar surface area (TPSA) is 51.3 Å². The van der Waals surface area contributed by atoms with E-state index in [2.05, 4.69) is 4.98 Å². The number of nitrogens with one attached hydrogen (secondary N) is 1. The molecule has 0 unspecified atom stereocenters. The molecule has 0 saturated carbocycles. The SMILES string of the molecule is CCOC(=O)C1(c2c[nH]c3ccccc23)COC1. The van der Waals surface area contributed by atoms with E-state index in [1.165, 1.54) is 0 Å². The summed E-state index contributed by atoms with van der Waals surface area (Å²) in [7, 11) is 0. The number of hydrogen-bond donors (Lipinski definition) is 1. The van der Waals surface area contributed by atoms with Gasteiger partial charge in [0.1, 0.15) is 5.41 Å². The van der Waals surface area contributed by atoms with Crippen molar-refractivity contribution in [1.82, 2.24) is 4.98 Å². The van der Waals surface area contributed by atoms with Crippen LogP contribution in [0, 0.1) is 0 Å². The smallest absolute Gasteiger partial charge is 0.321 e. The predicted octanol–water partition coefficient (Wildman–Crippen LogP) is 2.00. The van der Waals surface area contributed by atoms with Gasteiger partial charge < -0.3 is 14.5 Å². The zero-order valence-electron chi connectivity index (χ0n) is 10.2. The first-order valence-corrected chi connectivity index (χ1v) is 6.09. The van der Waals surface area contributed by atoms with Crippen LogP contribution in [-0.4, -0.2) is 30.8 Å². The maximum absolute atomic E-state index is 12.2. The van der Waals surface area contributed by atoms with Crippen molar-refractivity contribution in [1.29, 1.82) is 0 Å². The van der Waals surface area contributed by atoms with Gasteiger partial charge in [0.2, 0.25) is 0 Å². The van der Waals surface area contributed by atoms with E-state index in [1.54, 1.807) is 0 Å². The van der Waals surface area contributed by atoms with Gasteiger partial charge in [0.25, 0.3) is 0 Å². The summed E-state index contributed by atoms with van der Waals surface area (Å²) in [6.07, 6.45) is 1.89. The molecule has 1 fully saturated rings. The molecule has 0 amide bonds. The van der Waals surface area contributed by atoms with Crippen LogP contribution < -0.4 is 0 Å². The molecule has 18 heavy (non-hydrogen) atoms. The maximum atomic E-state index is 12.2. The first kappa shape index (κ1) is 11.3. The highest BCUT2D eigenvalue weighted by Crippen LogP contribution is 2.37. The Hall–Kier alpha value is -1.81. The second kappa shape index (κ2) is 4.14. The summed E-state index contributed by atoms with van der Waals surface area (Å²) in [5, 5.41) is 1.06. The van der Waals surface area contributed by atoms with Crippen molar-refractivity contribution in [3.63, 3.8) is 0 Å². The fourth-order valence-corrected chi connectivity index (χ4v) is 2.43. The van der Waals surface area contributed by atoms with Gasteiger partial charge in [0, 0.05) is 17.1 Å². The van der Waals surface area contributed by atoms with Gasteiger partial charge in [-0.2, -0.15) is 0 Å². The van der Waals surface area contributed by atoms with Gasteiger partial charge in [-0.1, -0.05) is 18.2 Å². The zero-order valence-corrected chi connectivity index (χ0v) is 10.2. The number of esters is 1. The second-order valence-corrected chi connectivity index (χ2v) is 4.54. The molecule has 4 nitrogen and oxygen atoms in total. The minimum atomic E-state index is -0.629. The molecule has 1 aliphatic heterocycles. The lowest BCUT2D eigenvalue weighted by molar-refractivity contribution is -0.169. The van der Waals surface area contributed by atoms with Crippen molar-refractivity contribution >= 4 is 16.9 Å². The second-order valence-electron chi connectivity index (χ2n) is 4.54. The van der Waals surface area contributed by atoms with Crippen LogP contribution in [0.5, 0.6) is 0 Å². The lowest BCUT2D eigenvalue weighted by Crippen LogP contribution is -2.53. The van der Waals surface area contributed by atoms with Crippen LogP contribution in [0.3, 0.4) is 0 Å². The molecule has 1 N–H and O–H groups in total. The Labute approximate surface area is 105 Å². The van der Waals surface area contributed by atoms with E-state index < -0.39 is 5.41 Å². The minimum absolute atomic E-state index is 0.194. The molecule has 1 aromatic carbocycles. The first-order valence-electron chi connectivity index (χ1n) is 6.09. The molecule has 0 atom stereocenters. The molecule has 2 aromatic rings. The fourth-order valence-electron chi connectivity index (χ4n) is 2.43. The number of aromatic amines is 1. The number of hydrogen-bond acceptors (Lipinski definition) is 3. The van der Waals surface area contributed by atoms with Gasteiger partial charge in [0.05, 0.1) is 19.8 Å². The number of carbonyl (C=O) groups is 1. The third-order valence-electron chi connectivity index (χ3n) is 3.47. The van der Waals surface area contributed by atoms with E-state index in [9.17, 15) is 4.79 Å². The Balaban J connectivity index is 2.09. The third-order valence-corrected chi connectivity index (χ3v) is 3.47. The molecule has 0 bridgehead atoms. The van der Waals surface area contributed by atoms with Crippen LogP contribution in [0.25, 0.3) is 10.9 Å². The number of carbonyl (C=O) groups excluding carboxylic acids is 1. The summed E-state index contributed by atoms with van der Waals surface area (Å²) < 4.78 is 10.5. The van der Waals surface area contributed by atoms with E-state index in [-0.39, 0.29) is 5.97 Å². The Morgan fingerprint density at radius 2 is 2.22 bits per heavy atom. The molecule has 3 rings (SSSR count). The van der Waals surface area contributed by atoms with E-state index >= 15 is 0 Å². The molecule has 0 radical (unpaired) electrons. The highest BCUT2D eigenvalue weighted by atomic mass is 16.6. The van der Waals surface area contributed by atoms with Crippen molar-refractivity contribution in [3.05, 3.63) is 36.0 Å². The molecule has 1 saturated heterocycles. The summed E-state index contributed by atoms with van der Waals surface area (Å²) in [6, 6.07) is 7.95. The van der Waals surface area contributed by atoms with Gasteiger partial charge in [-0.3, -0.25) is 4.79 Å². The van der Waals surface area contributed by atoms with E-state index in [0.717, 1.165) is 16.5 Å². The summed E-state index contributed by atoms with van der Waals surface area (Å²) >= 11 is 0. The van der Waals surface area contributed by atoms with Crippen molar-refractivity contribution in [2.24, 2.45) is 0 Å². The predicted molar refractivity (Wildman–Crippen MR) is 67.4 cm³/mol. The summed E-state index contributed by atoms with van der Waals surface area (Å²) in [6.45, 7) is 3.00. The number of benzene rings is 1. The summed E-state index contributed by atoms with van der Waals surface area (Å²) in [5.74, 6) is -0.194. The number of ether oxygens (including phenoxy) is 2. The largest absolute Gasteiger partial charge is 0.465 e. The Bertz CT molecular complexity index is 583. The molecular formula is C14H15NO3. The molecule has 0 spiro atoms. The lowest BCUT2D eigenvalue weighted by Gasteiger charge is -2.38. The number of rotatable bonds is 3. The Kier molecular flexibility index (Phi) is 2.59. The highest BCUT2D eigenvalue weighted by Gasteiger charge is 2.50. The molecule has 4 heteroatoms. The molecule has 0 aliphatic carbocycles. The molecule has 94 valence electrons. The van der Waals surface area contributed by atoms with Crippen LogP contribution in [-0.2, 0) is 19.7 Å². The fraction of sp³-hybridized carbons (Fsp3) is 0.357. The minimum Gasteiger partial charge on any atom is -0.465 e. The van der Waals surface area contributed by atoms with Crippen LogP contribution >= 0.6 is 0 Å². The van der Waals surface area contributed by atoms with Crippen molar-refractivity contribution in [2.75, 3.05) is 19.8 Å². The quantitative estimate of drug-likeness (QED) is 0.841. The van der Waals surface area contributed by atoms with Gasteiger partial charge >= 0.3 is 5.97 Å². The highest BCUT2D eigenvalue weighted by molar-refractivity contribution is 5.93. The first-order chi connectivity index (χ1) is 8.78. The third kappa shape index (κ3) is 1.46. The monoisotopic (exact) mass is 245 g/mol. The van der Waals surface area contributed by atoms with E-state index in [0.29, 0.717) is 19.8 Å². The number of aromatic nitrogens is 1. The number of para-hydroxylation sites is 1. The van der Waals surface area contributed by atoms with Gasteiger partial charge in [-0.25, -0.2) is 0 Å². The van der Waals surface area contributed by atoms with E-state index in [1.807, 2.05) is 37.4 Å². The van der Waals surface area contributed by atoms with Crippen LogP contribution in [0.15, 0.2) is 30.5 Å². The average molecular weight is 245 g/mol. The summed E-state index contributed by atoms with van der Waals surface area (Å²) in [4.78, 5) is 15.4. The van der Waals surface area contributed by atoms with Crippen molar-refractivity contribution < 1.29 is 14.3 Å². The van der Waals surface area contributed by atoms with Gasteiger partial charge in [-0.05, 0) is 18.6 Å². The van der Waals surface area contributed by atoms with Crippen LogP contribution in [0.4, 0.5) is 0 Å². The van der Waals surface area contributed by atoms with E-state index in [4.69, 9.17) is 9.47 Å². The van der Waals surface area contributed by atoms with Crippen LogP contribution in [0.1, 0.15) is 12.5 Å². The number of H-pyrrole nitrogens is 1. The Morgan fingerprint density at radius 1 is 1.44 bits per heavy atom. The Morgan fingerprint density at radius 3 is 2.89 bits per heavy atom. The van der Waals surface area contributed by atoms with Crippen LogP contribution in [0.2, 0.25) is 0 Å². The maximum Gasteiger partial charge on any atom is 0.321 e. The number of fused-ring (bicyclic) bond motifs is 1. The average Bonchev–Trinajstić information content (AvgIpc) is 2.73. The molecule has 1 aromatic heterocycles. The normalized spacial score (nSPS) is 17.4. The molecule has 1 aliphatic rings. The zero-order chi connectivity index (χ0) is 12.6. The molecule has 2 heterocycles. The summed E-state index contributed by atoms with van der Waals surface area (Å²) in [5.41, 5.74) is 1.38. The van der Waals surface area contributed by atoms with Crippen molar-refractivity contribution in [3.8, 4) is 0 Å². The lowest BCUT2D eigenvalue weighted by atomic mass is 9.78. The van der Waals surface area contributed by atoms with Crippen molar-refractivity contribution in [2.45, 2.75) is 12.3 Å².